The lowest BCUT2D eigenvalue weighted by Gasteiger charge is -2.14. The summed E-state index contributed by atoms with van der Waals surface area (Å²) in [6.07, 6.45) is 8.30. The number of nitrogens with zero attached hydrogens (tertiary/aromatic N) is 3. The quantitative estimate of drug-likeness (QED) is 0.512. The van der Waals surface area contributed by atoms with Crippen LogP contribution in [-0.2, 0) is 4.74 Å². The van der Waals surface area contributed by atoms with Gasteiger partial charge in [-0.2, -0.15) is 0 Å². The molecule has 0 aliphatic rings. The van der Waals surface area contributed by atoms with Crippen molar-refractivity contribution in [3.05, 3.63) is 89.2 Å². The first-order valence-electron chi connectivity index (χ1n) is 8.86. The highest BCUT2D eigenvalue weighted by atomic mass is 16.5. The van der Waals surface area contributed by atoms with Gasteiger partial charge in [0.15, 0.2) is 0 Å². The van der Waals surface area contributed by atoms with Crippen molar-refractivity contribution in [2.75, 3.05) is 6.61 Å². The molecule has 3 aromatic heterocycles. The average molecular weight is 371 g/mol. The Morgan fingerprint density at radius 2 is 1.64 bits per heavy atom. The van der Waals surface area contributed by atoms with Gasteiger partial charge in [-0.1, -0.05) is 6.07 Å². The van der Waals surface area contributed by atoms with E-state index in [2.05, 4.69) is 9.97 Å². The van der Waals surface area contributed by atoms with Gasteiger partial charge < -0.3 is 9.30 Å². The van der Waals surface area contributed by atoms with E-state index in [1.807, 2.05) is 41.0 Å². The van der Waals surface area contributed by atoms with Crippen molar-refractivity contribution in [3.8, 4) is 16.8 Å². The SMILES string of the molecule is CCOC(=O)c1cn(-c2ccncc2)c2cc(-c3ccncc3)ccc2c1=O. The highest BCUT2D eigenvalue weighted by Gasteiger charge is 2.17. The van der Waals surface area contributed by atoms with Crippen molar-refractivity contribution in [1.29, 1.82) is 0 Å². The Balaban J connectivity index is 2.02. The van der Waals surface area contributed by atoms with Gasteiger partial charge in [-0.15, -0.1) is 0 Å². The molecule has 28 heavy (non-hydrogen) atoms. The van der Waals surface area contributed by atoms with Crippen LogP contribution in [0.2, 0.25) is 0 Å². The van der Waals surface area contributed by atoms with Crippen molar-refractivity contribution in [2.45, 2.75) is 6.92 Å². The van der Waals surface area contributed by atoms with Crippen molar-refractivity contribution in [3.63, 3.8) is 0 Å². The molecular weight excluding hydrogens is 354 g/mol. The third-order valence-corrected chi connectivity index (χ3v) is 4.45. The predicted octanol–water partition coefficient (Wildman–Crippen LogP) is 3.62. The Hall–Kier alpha value is -3.80. The highest BCUT2D eigenvalue weighted by molar-refractivity contribution is 5.95. The van der Waals surface area contributed by atoms with Gasteiger partial charge in [0.1, 0.15) is 5.56 Å². The molecule has 0 saturated heterocycles. The average Bonchev–Trinajstić information content (AvgIpc) is 2.75. The first-order valence-corrected chi connectivity index (χ1v) is 8.86. The van der Waals surface area contributed by atoms with Crippen molar-refractivity contribution < 1.29 is 9.53 Å². The minimum atomic E-state index is -0.629. The standard InChI is InChI=1S/C22H17N3O3/c1-2-28-22(27)19-14-25(17-7-11-24-12-8-17)20-13-16(3-4-18(20)21(19)26)15-5-9-23-10-6-15/h3-14H,2H2,1H3. The maximum atomic E-state index is 12.9. The van der Waals surface area contributed by atoms with Crippen molar-refractivity contribution in [1.82, 2.24) is 14.5 Å². The second-order valence-electron chi connectivity index (χ2n) is 6.14. The number of rotatable bonds is 4. The van der Waals surface area contributed by atoms with E-state index in [9.17, 15) is 9.59 Å². The molecule has 0 amide bonds. The minimum Gasteiger partial charge on any atom is -0.462 e. The molecule has 6 nitrogen and oxygen atoms in total. The van der Waals surface area contributed by atoms with E-state index in [-0.39, 0.29) is 17.6 Å². The molecule has 0 radical (unpaired) electrons. The van der Waals surface area contributed by atoms with Crippen LogP contribution in [0.4, 0.5) is 0 Å². The van der Waals surface area contributed by atoms with Gasteiger partial charge in [0.2, 0.25) is 5.43 Å². The number of ether oxygens (including phenoxy) is 1. The van der Waals surface area contributed by atoms with Gasteiger partial charge in [-0.3, -0.25) is 14.8 Å². The van der Waals surface area contributed by atoms with Crippen LogP contribution in [0, 0.1) is 0 Å². The van der Waals surface area contributed by atoms with Crippen LogP contribution in [0.15, 0.2) is 78.2 Å². The van der Waals surface area contributed by atoms with E-state index in [1.165, 1.54) is 6.20 Å². The monoisotopic (exact) mass is 371 g/mol. The Kier molecular flexibility index (Phi) is 4.68. The number of carbonyl (C=O) groups is 1. The van der Waals surface area contributed by atoms with Gasteiger partial charge in [-0.25, -0.2) is 4.79 Å². The summed E-state index contributed by atoms with van der Waals surface area (Å²) in [7, 11) is 0. The fraction of sp³-hybridized carbons (Fsp3) is 0.0909. The van der Waals surface area contributed by atoms with E-state index >= 15 is 0 Å². The third-order valence-electron chi connectivity index (χ3n) is 4.45. The molecule has 0 unspecified atom stereocenters. The summed E-state index contributed by atoms with van der Waals surface area (Å²) in [5.74, 6) is -0.629. The summed E-state index contributed by atoms with van der Waals surface area (Å²) < 4.78 is 6.88. The molecule has 0 N–H and O–H groups in total. The van der Waals surface area contributed by atoms with Crippen molar-refractivity contribution >= 4 is 16.9 Å². The molecule has 4 rings (SSSR count). The Morgan fingerprint density at radius 3 is 2.32 bits per heavy atom. The summed E-state index contributed by atoms with van der Waals surface area (Å²) >= 11 is 0. The van der Waals surface area contributed by atoms with Crippen LogP contribution in [0.25, 0.3) is 27.7 Å². The van der Waals surface area contributed by atoms with E-state index in [1.54, 1.807) is 37.8 Å². The Morgan fingerprint density at radius 1 is 0.964 bits per heavy atom. The van der Waals surface area contributed by atoms with Crippen LogP contribution in [0.5, 0.6) is 0 Å². The van der Waals surface area contributed by atoms with Gasteiger partial charge >= 0.3 is 5.97 Å². The molecule has 0 bridgehead atoms. The fourth-order valence-electron chi connectivity index (χ4n) is 3.12. The molecular formula is C22H17N3O3. The predicted molar refractivity (Wildman–Crippen MR) is 107 cm³/mol. The number of carbonyl (C=O) groups excluding carboxylic acids is 1. The fourth-order valence-corrected chi connectivity index (χ4v) is 3.12. The second kappa shape index (κ2) is 7.44. The molecule has 0 saturated carbocycles. The Bertz CT molecular complexity index is 1200. The first kappa shape index (κ1) is 17.6. The van der Waals surface area contributed by atoms with Crippen LogP contribution in [0.1, 0.15) is 17.3 Å². The van der Waals surface area contributed by atoms with Gasteiger partial charge in [0, 0.05) is 42.1 Å². The van der Waals surface area contributed by atoms with E-state index in [4.69, 9.17) is 4.74 Å². The zero-order valence-corrected chi connectivity index (χ0v) is 15.2. The van der Waals surface area contributed by atoms with E-state index < -0.39 is 5.97 Å². The number of hydrogen-bond donors (Lipinski definition) is 0. The summed E-state index contributed by atoms with van der Waals surface area (Å²) in [5, 5.41) is 0.445. The molecule has 1 aromatic carbocycles. The Labute approximate surface area is 161 Å². The number of pyridine rings is 3. The smallest absolute Gasteiger partial charge is 0.343 e. The number of esters is 1. The van der Waals surface area contributed by atoms with Gasteiger partial charge in [-0.05, 0) is 54.4 Å². The van der Waals surface area contributed by atoms with Crippen LogP contribution in [0.3, 0.4) is 0 Å². The zero-order chi connectivity index (χ0) is 19.5. The van der Waals surface area contributed by atoms with Crippen LogP contribution >= 0.6 is 0 Å². The molecule has 4 aromatic rings. The maximum Gasteiger partial charge on any atom is 0.343 e. The first-order chi connectivity index (χ1) is 13.7. The molecule has 3 heterocycles. The highest BCUT2D eigenvalue weighted by Crippen LogP contribution is 2.25. The maximum absolute atomic E-state index is 12.9. The minimum absolute atomic E-state index is 0.00261. The molecule has 138 valence electrons. The molecule has 0 aliphatic heterocycles. The summed E-state index contributed by atoms with van der Waals surface area (Å²) in [4.78, 5) is 33.4. The van der Waals surface area contributed by atoms with Gasteiger partial charge in [0.05, 0.1) is 12.1 Å². The normalized spacial score (nSPS) is 10.8. The molecule has 0 spiro atoms. The number of hydrogen-bond acceptors (Lipinski definition) is 5. The van der Waals surface area contributed by atoms with Crippen LogP contribution < -0.4 is 5.43 Å². The lowest BCUT2D eigenvalue weighted by Crippen LogP contribution is -2.20. The molecule has 0 fully saturated rings. The molecule has 6 heteroatoms. The lowest BCUT2D eigenvalue weighted by atomic mass is 10.0. The zero-order valence-electron chi connectivity index (χ0n) is 15.2. The van der Waals surface area contributed by atoms with Crippen LogP contribution in [-0.4, -0.2) is 27.1 Å². The molecule has 0 atom stereocenters. The summed E-state index contributed by atoms with van der Waals surface area (Å²) in [6, 6.07) is 13.0. The topological polar surface area (TPSA) is 74.1 Å². The molecule has 0 aliphatic carbocycles. The summed E-state index contributed by atoms with van der Waals surface area (Å²) in [5.41, 5.74) is 3.07. The summed E-state index contributed by atoms with van der Waals surface area (Å²) in [6.45, 7) is 1.91. The van der Waals surface area contributed by atoms with E-state index in [0.29, 0.717) is 10.9 Å². The lowest BCUT2D eigenvalue weighted by molar-refractivity contribution is 0.0524. The van der Waals surface area contributed by atoms with Gasteiger partial charge in [0.25, 0.3) is 0 Å². The van der Waals surface area contributed by atoms with E-state index in [0.717, 1.165) is 16.8 Å². The number of fused-ring (bicyclic) bond motifs is 1. The second-order valence-corrected chi connectivity index (χ2v) is 6.14. The largest absolute Gasteiger partial charge is 0.462 e. The third kappa shape index (κ3) is 3.16. The van der Waals surface area contributed by atoms with Crippen molar-refractivity contribution in [2.24, 2.45) is 0 Å². The number of benzene rings is 1. The number of aromatic nitrogens is 3.